The molecule has 7 rings (SSSR count). The standard InChI is InChI=1S/C42H30O3/c43-40-16-10-28(11-17-40)31-4-1-7-34(22-31)37-25-38(35-8-2-5-32(23-35)29-12-18-41(44)19-13-29)27-39(26-37)36-9-3-6-33(24-36)30-14-20-42(45)21-15-30/h1-27,43-45H. The second-order valence-electron chi connectivity index (χ2n) is 11.2. The van der Waals surface area contributed by atoms with Crippen molar-refractivity contribution < 1.29 is 15.3 Å². The molecular weight excluding hydrogens is 552 g/mol. The van der Waals surface area contributed by atoms with Crippen molar-refractivity contribution in [2.24, 2.45) is 0 Å². The topological polar surface area (TPSA) is 60.7 Å². The number of phenols is 3. The molecule has 0 amide bonds. The van der Waals surface area contributed by atoms with Crippen LogP contribution in [0, 0.1) is 0 Å². The molecule has 45 heavy (non-hydrogen) atoms. The first-order chi connectivity index (χ1) is 22.0. The average molecular weight is 583 g/mol. The Kier molecular flexibility index (Phi) is 7.34. The van der Waals surface area contributed by atoms with Crippen molar-refractivity contribution in [2.75, 3.05) is 0 Å². The van der Waals surface area contributed by atoms with E-state index >= 15 is 0 Å². The number of rotatable bonds is 6. The van der Waals surface area contributed by atoms with Crippen LogP contribution in [-0.2, 0) is 0 Å². The summed E-state index contributed by atoms with van der Waals surface area (Å²) in [5.41, 5.74) is 12.9. The zero-order valence-corrected chi connectivity index (χ0v) is 24.4. The van der Waals surface area contributed by atoms with Crippen LogP contribution in [0.4, 0.5) is 0 Å². The second-order valence-corrected chi connectivity index (χ2v) is 11.2. The Bertz CT molecular complexity index is 1850. The zero-order valence-electron chi connectivity index (χ0n) is 24.4. The number of hydrogen-bond donors (Lipinski definition) is 3. The van der Waals surface area contributed by atoms with Gasteiger partial charge in [0.25, 0.3) is 0 Å². The van der Waals surface area contributed by atoms with Crippen LogP contribution in [0.25, 0.3) is 66.8 Å². The highest BCUT2D eigenvalue weighted by Gasteiger charge is 2.11. The maximum absolute atomic E-state index is 9.80. The van der Waals surface area contributed by atoms with E-state index in [4.69, 9.17) is 0 Å². The molecule has 0 unspecified atom stereocenters. The Balaban J connectivity index is 1.37. The molecule has 0 bridgehead atoms. The Labute approximate surface area is 262 Å². The predicted molar refractivity (Wildman–Crippen MR) is 184 cm³/mol. The van der Waals surface area contributed by atoms with Crippen LogP contribution in [0.15, 0.2) is 164 Å². The quantitative estimate of drug-likeness (QED) is 0.183. The minimum atomic E-state index is 0.247. The summed E-state index contributed by atoms with van der Waals surface area (Å²) >= 11 is 0. The summed E-state index contributed by atoms with van der Waals surface area (Å²) in [7, 11) is 0. The molecule has 0 aliphatic heterocycles. The van der Waals surface area contributed by atoms with Gasteiger partial charge in [0.05, 0.1) is 0 Å². The first-order valence-corrected chi connectivity index (χ1v) is 14.8. The van der Waals surface area contributed by atoms with Crippen molar-refractivity contribution in [3.8, 4) is 84.0 Å². The molecule has 0 aliphatic carbocycles. The summed E-state index contributed by atoms with van der Waals surface area (Å²) in [6, 6.07) is 54.0. The van der Waals surface area contributed by atoms with Crippen LogP contribution in [-0.4, -0.2) is 15.3 Å². The van der Waals surface area contributed by atoms with E-state index in [-0.39, 0.29) is 17.2 Å². The molecule has 0 aromatic heterocycles. The highest BCUT2D eigenvalue weighted by molar-refractivity contribution is 5.85. The van der Waals surface area contributed by atoms with Crippen LogP contribution in [0.3, 0.4) is 0 Å². The number of hydrogen-bond acceptors (Lipinski definition) is 3. The third kappa shape index (κ3) is 6.06. The van der Waals surface area contributed by atoms with Gasteiger partial charge in [0, 0.05) is 0 Å². The summed E-state index contributed by atoms with van der Waals surface area (Å²) in [5.74, 6) is 0.740. The second kappa shape index (κ2) is 11.9. The number of benzene rings is 7. The first kappa shape index (κ1) is 27.8. The van der Waals surface area contributed by atoms with Crippen molar-refractivity contribution in [1.82, 2.24) is 0 Å². The molecule has 0 saturated carbocycles. The van der Waals surface area contributed by atoms with Crippen LogP contribution in [0.2, 0.25) is 0 Å². The van der Waals surface area contributed by atoms with Crippen LogP contribution >= 0.6 is 0 Å². The lowest BCUT2D eigenvalue weighted by Gasteiger charge is -2.14. The maximum atomic E-state index is 9.80. The van der Waals surface area contributed by atoms with Crippen molar-refractivity contribution >= 4 is 0 Å². The Morgan fingerprint density at radius 2 is 0.400 bits per heavy atom. The number of aromatic hydroxyl groups is 3. The summed E-state index contributed by atoms with van der Waals surface area (Å²) in [6.07, 6.45) is 0. The monoisotopic (exact) mass is 582 g/mol. The fraction of sp³-hybridized carbons (Fsp3) is 0. The van der Waals surface area contributed by atoms with Gasteiger partial charge < -0.3 is 15.3 Å². The zero-order chi connectivity index (χ0) is 30.8. The number of phenolic OH excluding ortho intramolecular Hbond substituents is 3. The van der Waals surface area contributed by atoms with E-state index in [1.165, 1.54) is 0 Å². The lowest BCUT2D eigenvalue weighted by atomic mass is 9.90. The van der Waals surface area contributed by atoms with E-state index in [1.807, 2.05) is 36.4 Å². The lowest BCUT2D eigenvalue weighted by Crippen LogP contribution is -1.88. The molecule has 3 nitrogen and oxygen atoms in total. The van der Waals surface area contributed by atoms with Crippen molar-refractivity contribution in [3.63, 3.8) is 0 Å². The summed E-state index contributed by atoms with van der Waals surface area (Å²) in [4.78, 5) is 0. The Morgan fingerprint density at radius 3 is 0.644 bits per heavy atom. The molecule has 3 heteroatoms. The highest BCUT2D eigenvalue weighted by atomic mass is 16.3. The lowest BCUT2D eigenvalue weighted by molar-refractivity contribution is 0.475. The van der Waals surface area contributed by atoms with Gasteiger partial charge in [-0.25, -0.2) is 0 Å². The van der Waals surface area contributed by atoms with Gasteiger partial charge in [-0.15, -0.1) is 0 Å². The molecule has 7 aromatic rings. The van der Waals surface area contributed by atoms with Crippen molar-refractivity contribution in [3.05, 3.63) is 164 Å². The van der Waals surface area contributed by atoms with Gasteiger partial charge in [-0.1, -0.05) is 91.0 Å². The third-order valence-corrected chi connectivity index (χ3v) is 8.12. The fourth-order valence-electron chi connectivity index (χ4n) is 5.72. The normalized spacial score (nSPS) is 10.9. The van der Waals surface area contributed by atoms with E-state index in [0.29, 0.717) is 0 Å². The minimum absolute atomic E-state index is 0.247. The van der Waals surface area contributed by atoms with Gasteiger partial charge in [0.1, 0.15) is 17.2 Å². The van der Waals surface area contributed by atoms with E-state index in [9.17, 15) is 15.3 Å². The van der Waals surface area contributed by atoms with Gasteiger partial charge in [-0.2, -0.15) is 0 Å². The van der Waals surface area contributed by atoms with Gasteiger partial charge in [0.2, 0.25) is 0 Å². The maximum Gasteiger partial charge on any atom is 0.115 e. The molecule has 0 spiro atoms. The molecule has 216 valence electrons. The van der Waals surface area contributed by atoms with Gasteiger partial charge >= 0.3 is 0 Å². The average Bonchev–Trinajstić information content (AvgIpc) is 3.09. The third-order valence-electron chi connectivity index (χ3n) is 8.12. The summed E-state index contributed by atoms with van der Waals surface area (Å²) < 4.78 is 0. The largest absolute Gasteiger partial charge is 0.508 e. The van der Waals surface area contributed by atoms with E-state index in [1.54, 1.807) is 36.4 Å². The molecule has 0 radical (unpaired) electrons. The highest BCUT2D eigenvalue weighted by Crippen LogP contribution is 2.37. The van der Waals surface area contributed by atoms with E-state index in [2.05, 4.69) is 91.0 Å². The first-order valence-electron chi connectivity index (χ1n) is 14.8. The molecule has 0 saturated heterocycles. The van der Waals surface area contributed by atoms with Crippen LogP contribution in [0.5, 0.6) is 17.2 Å². The fourth-order valence-corrected chi connectivity index (χ4v) is 5.72. The molecule has 7 aromatic carbocycles. The van der Waals surface area contributed by atoms with Crippen LogP contribution < -0.4 is 0 Å². The van der Waals surface area contributed by atoms with Gasteiger partial charge in [-0.05, 0) is 140 Å². The van der Waals surface area contributed by atoms with E-state index < -0.39 is 0 Å². The minimum Gasteiger partial charge on any atom is -0.508 e. The molecular formula is C42H30O3. The molecule has 0 fully saturated rings. The molecule has 0 heterocycles. The van der Waals surface area contributed by atoms with Gasteiger partial charge in [0.15, 0.2) is 0 Å². The predicted octanol–water partition coefficient (Wildman–Crippen LogP) is 10.8. The van der Waals surface area contributed by atoms with E-state index in [0.717, 1.165) is 66.8 Å². The smallest absolute Gasteiger partial charge is 0.115 e. The van der Waals surface area contributed by atoms with Crippen molar-refractivity contribution in [2.45, 2.75) is 0 Å². The SMILES string of the molecule is Oc1ccc(-c2cccc(-c3cc(-c4cccc(-c5ccc(O)cc5)c4)cc(-c4cccc(-c5ccc(O)cc5)c4)c3)c2)cc1. The molecule has 0 aliphatic rings. The summed E-state index contributed by atoms with van der Waals surface area (Å²) in [5, 5.41) is 29.4. The Morgan fingerprint density at radius 1 is 0.200 bits per heavy atom. The van der Waals surface area contributed by atoms with Gasteiger partial charge in [-0.3, -0.25) is 0 Å². The Hall–Kier alpha value is -6.06. The molecule has 3 N–H and O–H groups in total. The summed E-state index contributed by atoms with van der Waals surface area (Å²) in [6.45, 7) is 0. The van der Waals surface area contributed by atoms with Crippen LogP contribution in [0.1, 0.15) is 0 Å². The molecule has 0 atom stereocenters. The van der Waals surface area contributed by atoms with Crippen molar-refractivity contribution in [1.29, 1.82) is 0 Å².